The van der Waals surface area contributed by atoms with Gasteiger partial charge in [-0.05, 0) is 48.9 Å². The lowest BCUT2D eigenvalue weighted by atomic mass is 9.59. The fraction of sp³-hybridized carbons (Fsp3) is 0.520. The van der Waals surface area contributed by atoms with Crippen LogP contribution in [0.4, 0.5) is 0 Å². The maximum atomic E-state index is 10.2. The van der Waals surface area contributed by atoms with Gasteiger partial charge in [-0.3, -0.25) is 9.80 Å². The summed E-state index contributed by atoms with van der Waals surface area (Å²) in [4.78, 5) is 5.40. The van der Waals surface area contributed by atoms with Crippen LogP contribution in [-0.4, -0.2) is 47.2 Å². The monoisotopic (exact) mass is 376 g/mol. The van der Waals surface area contributed by atoms with E-state index in [0.29, 0.717) is 36.4 Å². The van der Waals surface area contributed by atoms with Gasteiger partial charge in [0.25, 0.3) is 0 Å². The van der Waals surface area contributed by atoms with E-state index in [2.05, 4.69) is 70.5 Å². The Morgan fingerprint density at radius 2 is 1.54 bits per heavy atom. The van der Waals surface area contributed by atoms with E-state index in [0.717, 1.165) is 13.1 Å². The van der Waals surface area contributed by atoms with E-state index in [1.165, 1.54) is 43.5 Å². The molecule has 0 unspecified atom stereocenters. The van der Waals surface area contributed by atoms with E-state index >= 15 is 0 Å². The molecule has 1 saturated carbocycles. The summed E-state index contributed by atoms with van der Waals surface area (Å²) >= 11 is 0. The summed E-state index contributed by atoms with van der Waals surface area (Å²) in [6.45, 7) is 4.87. The fourth-order valence-corrected chi connectivity index (χ4v) is 6.28. The molecule has 0 spiro atoms. The minimum Gasteiger partial charge on any atom is -0.396 e. The Morgan fingerprint density at radius 1 is 0.857 bits per heavy atom. The maximum Gasteiger partial charge on any atom is 0.0477 e. The molecule has 2 aromatic carbocycles. The average Bonchev–Trinajstić information content (AvgIpc) is 3.05. The first-order chi connectivity index (χ1) is 13.9. The van der Waals surface area contributed by atoms with Crippen LogP contribution in [0.1, 0.15) is 36.4 Å². The summed E-state index contributed by atoms with van der Waals surface area (Å²) in [5.74, 6) is 1.70. The van der Waals surface area contributed by atoms with Crippen LogP contribution in [0.15, 0.2) is 60.7 Å². The van der Waals surface area contributed by atoms with E-state index in [1.807, 2.05) is 0 Å². The zero-order valence-electron chi connectivity index (χ0n) is 16.7. The van der Waals surface area contributed by atoms with E-state index in [1.54, 1.807) is 0 Å². The molecule has 28 heavy (non-hydrogen) atoms. The van der Waals surface area contributed by atoms with Gasteiger partial charge in [0, 0.05) is 37.7 Å². The van der Waals surface area contributed by atoms with Gasteiger partial charge in [-0.15, -0.1) is 0 Å². The van der Waals surface area contributed by atoms with Gasteiger partial charge >= 0.3 is 0 Å². The van der Waals surface area contributed by atoms with E-state index in [9.17, 15) is 5.11 Å². The zero-order chi connectivity index (χ0) is 18.9. The summed E-state index contributed by atoms with van der Waals surface area (Å²) in [5.41, 5.74) is 2.84. The topological polar surface area (TPSA) is 26.7 Å². The Morgan fingerprint density at radius 3 is 2.21 bits per heavy atom. The molecule has 2 aromatic rings. The smallest absolute Gasteiger partial charge is 0.0477 e. The third-order valence-corrected chi connectivity index (χ3v) is 7.47. The standard InChI is InChI=1S/C25H32N2O/c28-18-22-21-17-27(16-19-10-4-1-5-11-19)24(20-12-6-2-7-13-20)23(21)25(22)26-14-8-3-9-15-26/h1-2,4-7,10-13,21-25,28H,3,8-9,14-18H2/t21-,22+,23+,24-,25-/m0/s1. The minimum atomic E-state index is 0.336. The summed E-state index contributed by atoms with van der Waals surface area (Å²) in [5, 5.41) is 10.2. The van der Waals surface area contributed by atoms with Gasteiger partial charge in [0.2, 0.25) is 0 Å². The van der Waals surface area contributed by atoms with Crippen molar-refractivity contribution in [2.75, 3.05) is 26.2 Å². The molecule has 148 valence electrons. The van der Waals surface area contributed by atoms with Gasteiger partial charge in [0.1, 0.15) is 0 Å². The van der Waals surface area contributed by atoms with Crippen molar-refractivity contribution in [3.05, 3.63) is 71.8 Å². The predicted octanol–water partition coefficient (Wildman–Crippen LogP) is 3.95. The van der Waals surface area contributed by atoms with Crippen LogP contribution in [0.2, 0.25) is 0 Å². The van der Waals surface area contributed by atoms with Crippen molar-refractivity contribution in [1.82, 2.24) is 9.80 Å². The Bertz CT molecular complexity index is 759. The van der Waals surface area contributed by atoms with Crippen molar-refractivity contribution >= 4 is 0 Å². The highest BCUT2D eigenvalue weighted by molar-refractivity contribution is 5.27. The molecule has 3 nitrogen and oxygen atoms in total. The molecule has 2 aliphatic heterocycles. The van der Waals surface area contributed by atoms with Crippen LogP contribution < -0.4 is 0 Å². The molecule has 0 aromatic heterocycles. The molecule has 3 aliphatic rings. The number of rotatable bonds is 5. The van der Waals surface area contributed by atoms with Gasteiger partial charge in [0.05, 0.1) is 0 Å². The maximum absolute atomic E-state index is 10.2. The molecule has 2 saturated heterocycles. The van der Waals surface area contributed by atoms with Crippen LogP contribution in [0.5, 0.6) is 0 Å². The second kappa shape index (κ2) is 7.98. The molecule has 0 amide bonds. The molecule has 1 aliphatic carbocycles. The summed E-state index contributed by atoms with van der Waals surface area (Å²) in [6.07, 6.45) is 3.99. The van der Waals surface area contributed by atoms with Gasteiger partial charge in [-0.2, -0.15) is 0 Å². The lowest BCUT2D eigenvalue weighted by Gasteiger charge is -2.55. The van der Waals surface area contributed by atoms with E-state index in [-0.39, 0.29) is 0 Å². The highest BCUT2D eigenvalue weighted by atomic mass is 16.3. The second-order valence-electron chi connectivity index (χ2n) is 8.95. The molecule has 2 heterocycles. The highest BCUT2D eigenvalue weighted by Crippen LogP contribution is 2.57. The highest BCUT2D eigenvalue weighted by Gasteiger charge is 2.60. The average molecular weight is 377 g/mol. The van der Waals surface area contributed by atoms with Crippen molar-refractivity contribution < 1.29 is 5.11 Å². The first-order valence-electron chi connectivity index (χ1n) is 11.0. The molecule has 0 bridgehead atoms. The molecule has 0 radical (unpaired) electrons. The van der Waals surface area contributed by atoms with Gasteiger partial charge in [-0.25, -0.2) is 0 Å². The number of fused-ring (bicyclic) bond motifs is 1. The van der Waals surface area contributed by atoms with Crippen LogP contribution in [0.3, 0.4) is 0 Å². The van der Waals surface area contributed by atoms with Crippen LogP contribution in [-0.2, 0) is 6.54 Å². The Balaban J connectivity index is 1.46. The van der Waals surface area contributed by atoms with E-state index in [4.69, 9.17) is 0 Å². The first kappa shape index (κ1) is 18.4. The van der Waals surface area contributed by atoms with Crippen LogP contribution in [0.25, 0.3) is 0 Å². The summed E-state index contributed by atoms with van der Waals surface area (Å²) in [7, 11) is 0. The van der Waals surface area contributed by atoms with Gasteiger partial charge < -0.3 is 5.11 Å². The van der Waals surface area contributed by atoms with Crippen molar-refractivity contribution in [1.29, 1.82) is 0 Å². The summed E-state index contributed by atoms with van der Waals surface area (Å²) < 4.78 is 0. The lowest BCUT2D eigenvalue weighted by Crippen LogP contribution is -2.62. The van der Waals surface area contributed by atoms with Gasteiger partial charge in [-0.1, -0.05) is 67.1 Å². The Labute approximate surface area is 169 Å². The van der Waals surface area contributed by atoms with Crippen molar-refractivity contribution in [2.24, 2.45) is 17.8 Å². The van der Waals surface area contributed by atoms with Crippen molar-refractivity contribution in [3.8, 4) is 0 Å². The SMILES string of the molecule is OC[C@@H]1[C@@H]2CN(Cc3ccccc3)[C@@H](c3ccccc3)[C@@H]2[C@H]1N1CCCCC1. The number of piperidine rings is 1. The fourth-order valence-electron chi connectivity index (χ4n) is 6.28. The summed E-state index contributed by atoms with van der Waals surface area (Å²) in [6, 6.07) is 23.0. The number of aliphatic hydroxyl groups is 1. The third kappa shape index (κ3) is 3.20. The predicted molar refractivity (Wildman–Crippen MR) is 113 cm³/mol. The second-order valence-corrected chi connectivity index (χ2v) is 8.95. The quantitative estimate of drug-likeness (QED) is 0.856. The number of benzene rings is 2. The normalized spacial score (nSPS) is 33.4. The lowest BCUT2D eigenvalue weighted by molar-refractivity contribution is -0.0799. The molecule has 3 fully saturated rings. The van der Waals surface area contributed by atoms with E-state index < -0.39 is 0 Å². The molecule has 5 rings (SSSR count). The number of hydrogen-bond acceptors (Lipinski definition) is 3. The molecule has 1 N–H and O–H groups in total. The number of likely N-dealkylation sites (tertiary alicyclic amines) is 2. The number of hydrogen-bond donors (Lipinski definition) is 1. The Kier molecular flexibility index (Phi) is 5.23. The zero-order valence-corrected chi connectivity index (χ0v) is 16.7. The molecule has 3 heteroatoms. The number of nitrogens with zero attached hydrogens (tertiary/aromatic N) is 2. The molecule has 5 atom stereocenters. The molecular formula is C25H32N2O. The van der Waals surface area contributed by atoms with Crippen molar-refractivity contribution in [3.63, 3.8) is 0 Å². The largest absolute Gasteiger partial charge is 0.396 e. The number of aliphatic hydroxyl groups excluding tert-OH is 1. The van der Waals surface area contributed by atoms with Crippen LogP contribution in [0, 0.1) is 17.8 Å². The third-order valence-electron chi connectivity index (χ3n) is 7.47. The first-order valence-corrected chi connectivity index (χ1v) is 11.0. The van der Waals surface area contributed by atoms with Crippen molar-refractivity contribution in [2.45, 2.75) is 37.9 Å². The minimum absolute atomic E-state index is 0.336. The Hall–Kier alpha value is -1.68. The molecular weight excluding hydrogens is 344 g/mol. The van der Waals surface area contributed by atoms with Crippen LogP contribution >= 0.6 is 0 Å². The van der Waals surface area contributed by atoms with Gasteiger partial charge in [0.15, 0.2) is 0 Å².